The molecule has 0 atom stereocenters. The Morgan fingerprint density at radius 3 is 2.59 bits per heavy atom. The number of aromatic nitrogens is 3. The van der Waals surface area contributed by atoms with Gasteiger partial charge < -0.3 is 15.4 Å². The van der Waals surface area contributed by atoms with Gasteiger partial charge in [0.1, 0.15) is 5.56 Å². The fraction of sp³-hybridized carbons (Fsp3) is 0.571. The number of carbonyl (C=O) groups excluding carboxylic acids is 1. The highest BCUT2D eigenvalue weighted by molar-refractivity contribution is 5.93. The van der Waals surface area contributed by atoms with Crippen molar-refractivity contribution < 1.29 is 9.90 Å². The highest BCUT2D eigenvalue weighted by Crippen LogP contribution is 2.27. The topological polar surface area (TPSA) is 114 Å². The van der Waals surface area contributed by atoms with Crippen molar-refractivity contribution in [3.8, 4) is 0 Å². The van der Waals surface area contributed by atoms with Gasteiger partial charge in [-0.1, -0.05) is 19.3 Å². The number of hydrogen-bond donors (Lipinski definition) is 4. The molecule has 8 nitrogen and oxygen atoms in total. The Labute approximate surface area is 170 Å². The number of carbonyl (C=O) groups is 1. The van der Waals surface area contributed by atoms with Gasteiger partial charge in [0.25, 0.3) is 11.5 Å². The Morgan fingerprint density at radius 2 is 1.97 bits per heavy atom. The molecule has 0 unspecified atom stereocenters. The summed E-state index contributed by atoms with van der Waals surface area (Å²) in [6.07, 6.45) is 4.42. The molecule has 1 amide bonds. The molecule has 2 heterocycles. The first-order valence-corrected chi connectivity index (χ1v) is 10.2. The number of hydrogen-bond acceptors (Lipinski definition) is 5. The van der Waals surface area contributed by atoms with Gasteiger partial charge in [-0.05, 0) is 45.9 Å². The molecule has 29 heavy (non-hydrogen) atoms. The molecule has 4 N–H and O–H groups in total. The average Bonchev–Trinajstić information content (AvgIpc) is 2.99. The van der Waals surface area contributed by atoms with E-state index in [0.29, 0.717) is 25.9 Å². The van der Waals surface area contributed by atoms with Crippen LogP contribution in [-0.4, -0.2) is 50.3 Å². The van der Waals surface area contributed by atoms with E-state index in [1.807, 2.05) is 20.9 Å². The van der Waals surface area contributed by atoms with Crippen molar-refractivity contribution in [2.45, 2.75) is 64.6 Å². The average molecular weight is 402 g/mol. The van der Waals surface area contributed by atoms with Crippen LogP contribution in [0, 0.1) is 13.8 Å². The third-order valence-corrected chi connectivity index (χ3v) is 5.73. The molecule has 158 valence electrons. The van der Waals surface area contributed by atoms with E-state index in [9.17, 15) is 14.7 Å². The van der Waals surface area contributed by atoms with E-state index in [4.69, 9.17) is 0 Å². The van der Waals surface area contributed by atoms with Crippen LogP contribution in [0.3, 0.4) is 0 Å². The van der Waals surface area contributed by atoms with E-state index in [-0.39, 0.29) is 12.1 Å². The molecule has 1 saturated carbocycles. The second-order valence-electron chi connectivity index (χ2n) is 8.28. The Kier molecular flexibility index (Phi) is 6.54. The summed E-state index contributed by atoms with van der Waals surface area (Å²) >= 11 is 0. The van der Waals surface area contributed by atoms with Crippen LogP contribution < -0.4 is 10.9 Å². The van der Waals surface area contributed by atoms with E-state index in [2.05, 4.69) is 25.4 Å². The fourth-order valence-corrected chi connectivity index (χ4v) is 3.94. The zero-order valence-corrected chi connectivity index (χ0v) is 17.5. The maximum atomic E-state index is 12.4. The first-order valence-electron chi connectivity index (χ1n) is 10.2. The van der Waals surface area contributed by atoms with Gasteiger partial charge in [-0.2, -0.15) is 5.10 Å². The first kappa shape index (κ1) is 21.3. The van der Waals surface area contributed by atoms with Crippen molar-refractivity contribution in [3.05, 3.63) is 50.7 Å². The van der Waals surface area contributed by atoms with E-state index in [0.717, 1.165) is 41.9 Å². The Balaban J connectivity index is 1.59. The van der Waals surface area contributed by atoms with Crippen molar-refractivity contribution in [2.24, 2.45) is 0 Å². The number of nitrogens with zero attached hydrogens (tertiary/aromatic N) is 2. The number of aliphatic hydroxyl groups is 1. The first-order chi connectivity index (χ1) is 13.8. The van der Waals surface area contributed by atoms with Crippen LogP contribution >= 0.6 is 0 Å². The van der Waals surface area contributed by atoms with Crippen LogP contribution in [0.5, 0.6) is 0 Å². The van der Waals surface area contributed by atoms with E-state index >= 15 is 0 Å². The highest BCUT2D eigenvalue weighted by atomic mass is 16.3. The van der Waals surface area contributed by atoms with Gasteiger partial charge in [0.05, 0.1) is 11.3 Å². The zero-order chi connectivity index (χ0) is 21.0. The number of rotatable bonds is 7. The van der Waals surface area contributed by atoms with Gasteiger partial charge in [0.15, 0.2) is 0 Å². The number of pyridine rings is 1. The van der Waals surface area contributed by atoms with Crippen molar-refractivity contribution in [3.63, 3.8) is 0 Å². The molecule has 0 radical (unpaired) electrons. The summed E-state index contributed by atoms with van der Waals surface area (Å²) in [6.45, 7) is 5.38. The minimum absolute atomic E-state index is 0.0670. The molecule has 8 heteroatoms. The molecule has 2 aromatic heterocycles. The number of aryl methyl sites for hydroxylation is 2. The monoisotopic (exact) mass is 401 g/mol. The van der Waals surface area contributed by atoms with Gasteiger partial charge in [0, 0.05) is 36.6 Å². The summed E-state index contributed by atoms with van der Waals surface area (Å²) in [5.41, 5.74) is 2.68. The lowest BCUT2D eigenvalue weighted by molar-refractivity contribution is 0.00524. The summed E-state index contributed by atoms with van der Waals surface area (Å²) in [5, 5.41) is 20.4. The minimum atomic E-state index is -0.854. The molecule has 0 saturated heterocycles. The molecule has 1 fully saturated rings. The van der Waals surface area contributed by atoms with Crippen LogP contribution in [0.2, 0.25) is 0 Å². The lowest BCUT2D eigenvalue weighted by Gasteiger charge is -2.32. The summed E-state index contributed by atoms with van der Waals surface area (Å²) in [6, 6.07) is 3.31. The highest BCUT2D eigenvalue weighted by Gasteiger charge is 2.29. The number of aromatic amines is 2. The zero-order valence-electron chi connectivity index (χ0n) is 17.5. The third kappa shape index (κ3) is 5.33. The second-order valence-corrected chi connectivity index (χ2v) is 8.28. The smallest absolute Gasteiger partial charge is 0.261 e. The van der Waals surface area contributed by atoms with Crippen LogP contribution in [0.15, 0.2) is 16.9 Å². The van der Waals surface area contributed by atoms with Gasteiger partial charge in [-0.25, -0.2) is 0 Å². The summed E-state index contributed by atoms with van der Waals surface area (Å²) in [5.74, 6) is -0.449. The largest absolute Gasteiger partial charge is 0.388 e. The quantitative estimate of drug-likeness (QED) is 0.565. The molecule has 3 rings (SSSR count). The fourth-order valence-electron chi connectivity index (χ4n) is 3.94. The normalized spacial score (nSPS) is 16.2. The summed E-state index contributed by atoms with van der Waals surface area (Å²) < 4.78 is 0. The maximum Gasteiger partial charge on any atom is 0.261 e. The van der Waals surface area contributed by atoms with Crippen LogP contribution in [0.25, 0.3) is 0 Å². The van der Waals surface area contributed by atoms with Crippen molar-refractivity contribution in [1.82, 2.24) is 25.4 Å². The van der Waals surface area contributed by atoms with Gasteiger partial charge in [0.2, 0.25) is 0 Å². The predicted octanol–water partition coefficient (Wildman–Crippen LogP) is 1.77. The van der Waals surface area contributed by atoms with Gasteiger partial charge >= 0.3 is 0 Å². The maximum absolute atomic E-state index is 12.4. The molecular weight excluding hydrogens is 370 g/mol. The van der Waals surface area contributed by atoms with E-state index in [1.54, 1.807) is 12.1 Å². The predicted molar refractivity (Wildman–Crippen MR) is 111 cm³/mol. The molecular formula is C21H31N5O3. The number of amides is 1. The van der Waals surface area contributed by atoms with Gasteiger partial charge in [-0.15, -0.1) is 0 Å². The van der Waals surface area contributed by atoms with Crippen LogP contribution in [0.1, 0.15) is 65.1 Å². The standard InChI is InChI=1S/C21H31N5O3/c1-14-18(15(2)25-24-14)12-26(3)11-16-7-8-17(20(28)23-16)19(27)22-13-21(29)9-5-4-6-10-21/h7-8,29H,4-6,9-13H2,1-3H3,(H,22,27)(H,23,28)(H,24,25). The molecule has 2 aromatic rings. The molecule has 1 aliphatic carbocycles. The van der Waals surface area contributed by atoms with Gasteiger partial charge in [-0.3, -0.25) is 19.6 Å². The summed E-state index contributed by atoms with van der Waals surface area (Å²) in [4.78, 5) is 29.7. The van der Waals surface area contributed by atoms with Crippen molar-refractivity contribution in [2.75, 3.05) is 13.6 Å². The lowest BCUT2D eigenvalue weighted by atomic mass is 9.85. The van der Waals surface area contributed by atoms with E-state index in [1.165, 1.54) is 0 Å². The molecule has 0 aliphatic heterocycles. The van der Waals surface area contributed by atoms with Crippen molar-refractivity contribution in [1.29, 1.82) is 0 Å². The second kappa shape index (κ2) is 8.92. The van der Waals surface area contributed by atoms with E-state index < -0.39 is 17.1 Å². The third-order valence-electron chi connectivity index (χ3n) is 5.73. The molecule has 0 bridgehead atoms. The summed E-state index contributed by atoms with van der Waals surface area (Å²) in [7, 11) is 1.97. The van der Waals surface area contributed by atoms with Crippen LogP contribution in [0.4, 0.5) is 0 Å². The molecule has 1 aliphatic rings. The Bertz CT molecular complexity index is 892. The minimum Gasteiger partial charge on any atom is -0.388 e. The number of H-pyrrole nitrogens is 2. The molecule has 0 spiro atoms. The Hall–Kier alpha value is -2.45. The van der Waals surface area contributed by atoms with Crippen LogP contribution in [-0.2, 0) is 13.1 Å². The number of nitrogens with one attached hydrogen (secondary N) is 3. The lowest BCUT2D eigenvalue weighted by Crippen LogP contribution is -2.45. The SMILES string of the molecule is Cc1n[nH]c(C)c1CN(C)Cc1ccc(C(=O)NCC2(O)CCCCC2)c(=O)[nH]1. The van der Waals surface area contributed by atoms with Crippen molar-refractivity contribution >= 4 is 5.91 Å². The Morgan fingerprint density at radius 1 is 1.24 bits per heavy atom. The molecule has 0 aromatic carbocycles.